The second-order valence-electron chi connectivity index (χ2n) is 6.38. The van der Waals surface area contributed by atoms with E-state index in [1.165, 1.54) is 26.4 Å². The van der Waals surface area contributed by atoms with Crippen LogP contribution in [0.15, 0.2) is 42.5 Å². The number of fused-ring (bicyclic) bond motifs is 1. The zero-order chi connectivity index (χ0) is 21.1. The van der Waals surface area contributed by atoms with Crippen LogP contribution in [-0.4, -0.2) is 39.0 Å². The quantitative estimate of drug-likeness (QED) is 0.479. The molecule has 2 heterocycles. The number of nitrogens with one attached hydrogen (secondary N) is 1. The molecule has 2 aromatic carbocycles. The summed E-state index contributed by atoms with van der Waals surface area (Å²) in [6.07, 6.45) is 0. The summed E-state index contributed by atoms with van der Waals surface area (Å²) >= 11 is 0. The van der Waals surface area contributed by atoms with Gasteiger partial charge in [-0.15, -0.1) is 10.2 Å². The van der Waals surface area contributed by atoms with Crippen LogP contribution < -0.4 is 20.5 Å². The minimum absolute atomic E-state index is 0.209. The molecule has 0 spiro atoms. The van der Waals surface area contributed by atoms with Crippen molar-refractivity contribution in [3.8, 4) is 17.8 Å². The zero-order valence-electron chi connectivity index (χ0n) is 16.5. The van der Waals surface area contributed by atoms with Crippen LogP contribution in [0.3, 0.4) is 0 Å². The van der Waals surface area contributed by atoms with Gasteiger partial charge in [-0.3, -0.25) is 0 Å². The maximum Gasteiger partial charge on any atom is 0.304 e. The molecule has 0 amide bonds. The van der Waals surface area contributed by atoms with E-state index < -0.39 is 0 Å². The molecule has 0 atom stereocenters. The average Bonchev–Trinajstić information content (AvgIpc) is 3.16. The van der Waals surface area contributed by atoms with Crippen molar-refractivity contribution in [3.63, 3.8) is 0 Å². The number of para-hydroxylation sites is 1. The van der Waals surface area contributed by atoms with Crippen LogP contribution in [0.4, 0.5) is 10.2 Å². The van der Waals surface area contributed by atoms with Crippen LogP contribution in [0.1, 0.15) is 11.1 Å². The van der Waals surface area contributed by atoms with E-state index in [1.807, 2.05) is 18.2 Å². The number of anilines is 1. The van der Waals surface area contributed by atoms with Crippen LogP contribution in [0.5, 0.6) is 11.9 Å². The minimum atomic E-state index is -0.312. The summed E-state index contributed by atoms with van der Waals surface area (Å²) in [4.78, 5) is 9.06. The van der Waals surface area contributed by atoms with Crippen LogP contribution >= 0.6 is 0 Å². The third kappa shape index (κ3) is 3.60. The first-order valence-electron chi connectivity index (χ1n) is 9.16. The normalized spacial score (nSPS) is 10.9. The van der Waals surface area contributed by atoms with Gasteiger partial charge in [-0.1, -0.05) is 24.3 Å². The molecule has 0 radical (unpaired) electrons. The lowest BCUT2D eigenvalue weighted by Crippen LogP contribution is -2.11. The Morgan fingerprint density at radius 1 is 1.07 bits per heavy atom. The van der Waals surface area contributed by atoms with Gasteiger partial charge in [0.25, 0.3) is 11.8 Å². The van der Waals surface area contributed by atoms with E-state index in [1.54, 1.807) is 16.7 Å². The molecule has 30 heavy (non-hydrogen) atoms. The molecule has 0 fully saturated rings. The number of benzene rings is 2. The van der Waals surface area contributed by atoms with Crippen molar-refractivity contribution in [2.75, 3.05) is 19.5 Å². The number of hydrogen-bond acceptors (Lipinski definition) is 8. The highest BCUT2D eigenvalue weighted by Gasteiger charge is 2.19. The number of methoxy groups -OCH3 is 2. The molecule has 0 bridgehead atoms. The topological polar surface area (TPSA) is 113 Å². The minimum Gasteiger partial charge on any atom is -0.477 e. The lowest BCUT2D eigenvalue weighted by Gasteiger charge is -2.11. The van der Waals surface area contributed by atoms with Gasteiger partial charge in [-0.2, -0.15) is 9.97 Å². The van der Waals surface area contributed by atoms with Gasteiger partial charge in [-0.25, -0.2) is 8.96 Å². The maximum atomic E-state index is 13.5. The van der Waals surface area contributed by atoms with Crippen LogP contribution in [-0.2, 0) is 13.1 Å². The second kappa shape index (κ2) is 8.29. The fourth-order valence-corrected chi connectivity index (χ4v) is 3.12. The van der Waals surface area contributed by atoms with Crippen molar-refractivity contribution < 1.29 is 13.9 Å². The summed E-state index contributed by atoms with van der Waals surface area (Å²) in [5.41, 5.74) is 8.89. The van der Waals surface area contributed by atoms with Gasteiger partial charge in [0.2, 0.25) is 0 Å². The first-order valence-corrected chi connectivity index (χ1v) is 9.16. The van der Waals surface area contributed by atoms with Gasteiger partial charge in [0.05, 0.1) is 25.3 Å². The number of nitrogens with two attached hydrogens (primary N) is 1. The molecular formula is C20H20FN7O2. The maximum absolute atomic E-state index is 13.5. The number of aromatic nitrogens is 5. The smallest absolute Gasteiger partial charge is 0.304 e. The summed E-state index contributed by atoms with van der Waals surface area (Å²) in [5, 5.41) is 11.4. The Morgan fingerprint density at radius 3 is 2.63 bits per heavy atom. The molecular weight excluding hydrogens is 389 g/mol. The molecule has 10 heteroatoms. The van der Waals surface area contributed by atoms with E-state index in [2.05, 4.69) is 25.5 Å². The van der Waals surface area contributed by atoms with Gasteiger partial charge in [-0.05, 0) is 29.3 Å². The van der Waals surface area contributed by atoms with E-state index in [0.717, 1.165) is 16.6 Å². The summed E-state index contributed by atoms with van der Waals surface area (Å²) in [5.74, 6) is 0.492. The van der Waals surface area contributed by atoms with E-state index in [9.17, 15) is 4.39 Å². The SMILES string of the molecule is COc1nnc(-n2c(OC)nc3c(CN)cccc32)nc1NCc1cccc(F)c1. The first-order chi connectivity index (χ1) is 14.6. The Bertz CT molecular complexity index is 1200. The molecule has 154 valence electrons. The number of hydrogen-bond donors (Lipinski definition) is 2. The Hall–Kier alpha value is -3.79. The monoisotopic (exact) mass is 409 g/mol. The number of nitrogens with zero attached hydrogens (tertiary/aromatic N) is 5. The first kappa shape index (κ1) is 19.5. The average molecular weight is 409 g/mol. The lowest BCUT2D eigenvalue weighted by atomic mass is 10.2. The molecule has 0 aliphatic heterocycles. The second-order valence-corrected chi connectivity index (χ2v) is 6.38. The highest BCUT2D eigenvalue weighted by molar-refractivity contribution is 5.82. The molecule has 0 aliphatic rings. The molecule has 9 nitrogen and oxygen atoms in total. The van der Waals surface area contributed by atoms with Crippen molar-refractivity contribution in [3.05, 3.63) is 59.4 Å². The summed E-state index contributed by atoms with van der Waals surface area (Å²) in [7, 11) is 2.99. The highest BCUT2D eigenvalue weighted by Crippen LogP contribution is 2.28. The van der Waals surface area contributed by atoms with Crippen molar-refractivity contribution in [1.29, 1.82) is 0 Å². The number of imidazole rings is 1. The third-order valence-corrected chi connectivity index (χ3v) is 4.53. The van der Waals surface area contributed by atoms with Crippen molar-refractivity contribution in [2.24, 2.45) is 5.73 Å². The molecule has 0 aliphatic carbocycles. The van der Waals surface area contributed by atoms with Gasteiger partial charge in [0.15, 0.2) is 5.82 Å². The molecule has 2 aromatic heterocycles. The zero-order valence-corrected chi connectivity index (χ0v) is 16.5. The number of halogens is 1. The van der Waals surface area contributed by atoms with Crippen LogP contribution in [0.25, 0.3) is 17.0 Å². The van der Waals surface area contributed by atoms with E-state index >= 15 is 0 Å². The van der Waals surface area contributed by atoms with Gasteiger partial charge in [0.1, 0.15) is 5.82 Å². The molecule has 3 N–H and O–H groups in total. The van der Waals surface area contributed by atoms with Gasteiger partial charge >= 0.3 is 6.01 Å². The third-order valence-electron chi connectivity index (χ3n) is 4.53. The standard InChI is InChI=1S/C20H20FN7O2/c1-29-18-17(23-11-12-5-3-7-14(21)9-12)25-19(27-26-18)28-15-8-4-6-13(10-22)16(15)24-20(28)30-2/h3-9H,10-11,22H2,1-2H3,(H,23,25,27). The Kier molecular flexibility index (Phi) is 5.40. The largest absolute Gasteiger partial charge is 0.477 e. The van der Waals surface area contributed by atoms with Crippen molar-refractivity contribution in [1.82, 2.24) is 24.7 Å². The molecule has 0 saturated heterocycles. The van der Waals surface area contributed by atoms with E-state index in [0.29, 0.717) is 30.4 Å². The predicted octanol–water partition coefficient (Wildman–Crippen LogP) is 2.44. The number of ether oxygens (including phenoxy) is 2. The molecule has 0 unspecified atom stereocenters. The van der Waals surface area contributed by atoms with Gasteiger partial charge in [0, 0.05) is 13.1 Å². The number of rotatable bonds is 7. The molecule has 4 aromatic rings. The van der Waals surface area contributed by atoms with Crippen molar-refractivity contribution in [2.45, 2.75) is 13.1 Å². The summed E-state index contributed by atoms with van der Waals surface area (Å²) in [6.45, 7) is 0.658. The fourth-order valence-electron chi connectivity index (χ4n) is 3.12. The van der Waals surface area contributed by atoms with Crippen LogP contribution in [0, 0.1) is 5.82 Å². The Morgan fingerprint density at radius 2 is 1.90 bits per heavy atom. The van der Waals surface area contributed by atoms with Gasteiger partial charge < -0.3 is 20.5 Å². The van der Waals surface area contributed by atoms with E-state index in [-0.39, 0.29) is 17.6 Å². The fraction of sp³-hybridized carbons (Fsp3) is 0.200. The molecule has 0 saturated carbocycles. The van der Waals surface area contributed by atoms with Crippen LogP contribution in [0.2, 0.25) is 0 Å². The highest BCUT2D eigenvalue weighted by atomic mass is 19.1. The Balaban J connectivity index is 1.76. The van der Waals surface area contributed by atoms with E-state index in [4.69, 9.17) is 15.2 Å². The lowest BCUT2D eigenvalue weighted by molar-refractivity contribution is 0.371. The summed E-state index contributed by atoms with van der Waals surface area (Å²) < 4.78 is 25.8. The van der Waals surface area contributed by atoms with Crippen molar-refractivity contribution >= 4 is 16.9 Å². The molecule has 4 rings (SSSR count). The Labute approximate surface area is 171 Å². The predicted molar refractivity (Wildman–Crippen MR) is 109 cm³/mol. The summed E-state index contributed by atoms with van der Waals surface area (Å²) in [6, 6.07) is 12.2.